The summed E-state index contributed by atoms with van der Waals surface area (Å²) in [5, 5.41) is 2.66. The molecule has 3 aromatic rings. The SMILES string of the molecule is Cc1csc(-c2nc3cc(Br)cc(N)c3o2)c1Cl. The highest BCUT2D eigenvalue weighted by atomic mass is 79.9. The molecule has 0 aliphatic carbocycles. The van der Waals surface area contributed by atoms with Crippen LogP contribution in [-0.4, -0.2) is 4.98 Å². The number of thiophene rings is 1. The minimum atomic E-state index is 0.512. The van der Waals surface area contributed by atoms with Crippen LogP contribution in [0.25, 0.3) is 21.9 Å². The molecular weight excluding hydrogens is 336 g/mol. The lowest BCUT2D eigenvalue weighted by Crippen LogP contribution is -1.84. The van der Waals surface area contributed by atoms with Crippen LogP contribution < -0.4 is 5.73 Å². The van der Waals surface area contributed by atoms with E-state index in [9.17, 15) is 0 Å². The van der Waals surface area contributed by atoms with E-state index in [1.807, 2.05) is 18.4 Å². The van der Waals surface area contributed by atoms with Crippen LogP contribution in [0, 0.1) is 6.92 Å². The zero-order valence-corrected chi connectivity index (χ0v) is 12.5. The van der Waals surface area contributed by atoms with Gasteiger partial charge in [-0.15, -0.1) is 11.3 Å². The third-order valence-corrected chi connectivity index (χ3v) is 4.72. The maximum absolute atomic E-state index is 6.21. The van der Waals surface area contributed by atoms with Crippen LogP contribution in [0.4, 0.5) is 5.69 Å². The standard InChI is InChI=1S/C12H8BrClN2OS/c1-5-4-18-11(9(5)14)12-16-8-3-6(13)2-7(15)10(8)17-12/h2-4H,15H2,1H3. The van der Waals surface area contributed by atoms with E-state index in [0.29, 0.717) is 22.2 Å². The molecule has 0 aliphatic rings. The minimum Gasteiger partial charge on any atom is -0.433 e. The van der Waals surface area contributed by atoms with Crippen LogP contribution in [-0.2, 0) is 0 Å². The molecule has 0 bridgehead atoms. The lowest BCUT2D eigenvalue weighted by Gasteiger charge is -1.94. The molecular formula is C12H8BrClN2OS. The van der Waals surface area contributed by atoms with Gasteiger partial charge in [0.25, 0.3) is 0 Å². The van der Waals surface area contributed by atoms with Gasteiger partial charge in [-0.1, -0.05) is 27.5 Å². The van der Waals surface area contributed by atoms with E-state index in [-0.39, 0.29) is 0 Å². The lowest BCUT2D eigenvalue weighted by molar-refractivity contribution is 0.623. The first-order valence-electron chi connectivity index (χ1n) is 5.16. The van der Waals surface area contributed by atoms with E-state index >= 15 is 0 Å². The Hall–Kier alpha value is -1.04. The van der Waals surface area contributed by atoms with Gasteiger partial charge in [0.05, 0.1) is 10.7 Å². The Morgan fingerprint density at radius 2 is 2.22 bits per heavy atom. The summed E-state index contributed by atoms with van der Waals surface area (Å²) in [6.07, 6.45) is 0. The average Bonchev–Trinajstić information content (AvgIpc) is 2.84. The minimum absolute atomic E-state index is 0.512. The van der Waals surface area contributed by atoms with Crippen LogP contribution in [0.3, 0.4) is 0 Å². The molecule has 0 fully saturated rings. The van der Waals surface area contributed by atoms with Gasteiger partial charge in [-0.05, 0) is 30.0 Å². The number of oxazole rings is 1. The van der Waals surface area contributed by atoms with E-state index in [2.05, 4.69) is 20.9 Å². The molecule has 0 atom stereocenters. The van der Waals surface area contributed by atoms with E-state index < -0.39 is 0 Å². The molecule has 0 unspecified atom stereocenters. The van der Waals surface area contributed by atoms with E-state index in [1.165, 1.54) is 11.3 Å². The molecule has 0 amide bonds. The van der Waals surface area contributed by atoms with E-state index in [0.717, 1.165) is 20.4 Å². The third-order valence-electron chi connectivity index (χ3n) is 2.58. The van der Waals surface area contributed by atoms with Crippen molar-refractivity contribution in [1.29, 1.82) is 0 Å². The quantitative estimate of drug-likeness (QED) is 0.642. The second kappa shape index (κ2) is 4.26. The zero-order chi connectivity index (χ0) is 12.9. The van der Waals surface area contributed by atoms with Gasteiger partial charge >= 0.3 is 0 Å². The highest BCUT2D eigenvalue weighted by Gasteiger charge is 2.16. The Morgan fingerprint density at radius 3 is 2.89 bits per heavy atom. The van der Waals surface area contributed by atoms with Gasteiger partial charge in [0.1, 0.15) is 10.4 Å². The van der Waals surface area contributed by atoms with Gasteiger partial charge in [0, 0.05) is 4.47 Å². The highest BCUT2D eigenvalue weighted by Crippen LogP contribution is 2.38. The van der Waals surface area contributed by atoms with Crippen LogP contribution >= 0.6 is 38.9 Å². The van der Waals surface area contributed by atoms with Crippen molar-refractivity contribution in [1.82, 2.24) is 4.98 Å². The Kier molecular flexibility index (Phi) is 2.84. The number of nitrogen functional groups attached to an aromatic ring is 1. The van der Waals surface area contributed by atoms with Gasteiger partial charge in [0.2, 0.25) is 5.89 Å². The van der Waals surface area contributed by atoms with Crippen molar-refractivity contribution >= 4 is 55.7 Å². The molecule has 1 aromatic carbocycles. The number of aromatic nitrogens is 1. The molecule has 0 radical (unpaired) electrons. The number of anilines is 1. The summed E-state index contributed by atoms with van der Waals surface area (Å²) < 4.78 is 6.58. The van der Waals surface area contributed by atoms with Gasteiger partial charge in [-0.2, -0.15) is 0 Å². The van der Waals surface area contributed by atoms with Crippen LogP contribution in [0.5, 0.6) is 0 Å². The molecule has 0 spiro atoms. The Balaban J connectivity index is 2.25. The first kappa shape index (κ1) is 12.0. The monoisotopic (exact) mass is 342 g/mol. The number of fused-ring (bicyclic) bond motifs is 1. The fourth-order valence-corrected chi connectivity index (χ4v) is 3.36. The van der Waals surface area contributed by atoms with E-state index in [1.54, 1.807) is 6.07 Å². The largest absolute Gasteiger partial charge is 0.433 e. The molecule has 6 heteroatoms. The van der Waals surface area contributed by atoms with Gasteiger partial charge in [0.15, 0.2) is 5.58 Å². The van der Waals surface area contributed by atoms with Gasteiger partial charge in [-0.25, -0.2) is 4.98 Å². The number of halogens is 2. The van der Waals surface area contributed by atoms with Crippen molar-refractivity contribution in [2.24, 2.45) is 0 Å². The molecule has 0 aliphatic heterocycles. The van der Waals surface area contributed by atoms with Gasteiger partial charge in [-0.3, -0.25) is 0 Å². The summed E-state index contributed by atoms with van der Waals surface area (Å²) in [7, 11) is 0. The topological polar surface area (TPSA) is 52.0 Å². The second-order valence-electron chi connectivity index (χ2n) is 3.92. The predicted octanol–water partition coefficient (Wildman–Crippen LogP) is 4.86. The zero-order valence-electron chi connectivity index (χ0n) is 9.33. The van der Waals surface area contributed by atoms with Crippen molar-refractivity contribution in [2.75, 3.05) is 5.73 Å². The van der Waals surface area contributed by atoms with Crippen LogP contribution in [0.15, 0.2) is 26.4 Å². The lowest BCUT2D eigenvalue weighted by atomic mass is 10.3. The molecule has 0 saturated carbocycles. The summed E-state index contributed by atoms with van der Waals surface area (Å²) in [6, 6.07) is 3.66. The second-order valence-corrected chi connectivity index (χ2v) is 6.10. The number of benzene rings is 1. The summed E-state index contributed by atoms with van der Waals surface area (Å²) in [5.74, 6) is 0.512. The van der Waals surface area contributed by atoms with Crippen molar-refractivity contribution in [3.05, 3.63) is 32.6 Å². The predicted molar refractivity (Wildman–Crippen MR) is 79.2 cm³/mol. The molecule has 18 heavy (non-hydrogen) atoms. The maximum Gasteiger partial charge on any atom is 0.239 e. The number of nitrogens with two attached hydrogens (primary N) is 1. The number of aryl methyl sites for hydroxylation is 1. The molecule has 3 rings (SSSR count). The number of nitrogens with zero attached hydrogens (tertiary/aromatic N) is 1. The first-order valence-corrected chi connectivity index (χ1v) is 7.21. The van der Waals surface area contributed by atoms with Crippen molar-refractivity contribution in [3.8, 4) is 10.8 Å². The molecule has 2 aromatic heterocycles. The number of rotatable bonds is 1. The molecule has 2 heterocycles. The Labute approximate surface area is 121 Å². The Bertz CT molecular complexity index is 750. The molecule has 3 nitrogen and oxygen atoms in total. The van der Waals surface area contributed by atoms with Gasteiger partial charge < -0.3 is 10.2 Å². The molecule has 0 saturated heterocycles. The summed E-state index contributed by atoms with van der Waals surface area (Å²) in [4.78, 5) is 5.26. The van der Waals surface area contributed by atoms with Crippen molar-refractivity contribution in [2.45, 2.75) is 6.92 Å². The number of hydrogen-bond acceptors (Lipinski definition) is 4. The van der Waals surface area contributed by atoms with Crippen LogP contribution in [0.2, 0.25) is 5.02 Å². The normalized spacial score (nSPS) is 11.3. The fraction of sp³-hybridized carbons (Fsp3) is 0.0833. The van der Waals surface area contributed by atoms with Crippen molar-refractivity contribution in [3.63, 3.8) is 0 Å². The molecule has 92 valence electrons. The smallest absolute Gasteiger partial charge is 0.239 e. The number of hydrogen-bond donors (Lipinski definition) is 1. The molecule has 2 N–H and O–H groups in total. The average molecular weight is 344 g/mol. The first-order chi connectivity index (χ1) is 8.56. The third kappa shape index (κ3) is 1.83. The summed E-state index contributed by atoms with van der Waals surface area (Å²) in [5.41, 5.74) is 8.79. The van der Waals surface area contributed by atoms with E-state index in [4.69, 9.17) is 21.8 Å². The Morgan fingerprint density at radius 1 is 1.44 bits per heavy atom. The summed E-state index contributed by atoms with van der Waals surface area (Å²) >= 11 is 11.1. The highest BCUT2D eigenvalue weighted by molar-refractivity contribution is 9.10. The maximum atomic E-state index is 6.21. The van der Waals surface area contributed by atoms with Crippen LogP contribution in [0.1, 0.15) is 5.56 Å². The summed E-state index contributed by atoms with van der Waals surface area (Å²) in [6.45, 7) is 1.95. The fourth-order valence-electron chi connectivity index (χ4n) is 1.69. The van der Waals surface area contributed by atoms with Crippen molar-refractivity contribution < 1.29 is 4.42 Å².